The Kier molecular flexibility index (Phi) is 9.28. The smallest absolute Gasteiger partial charge is 0.304 e. The average molecular weight is 530 g/mol. The summed E-state index contributed by atoms with van der Waals surface area (Å²) >= 11 is 1.82. The summed E-state index contributed by atoms with van der Waals surface area (Å²) in [5, 5.41) is 13.5. The van der Waals surface area contributed by atoms with Crippen LogP contribution >= 0.6 is 11.8 Å². The molecule has 4 rings (SSSR count). The van der Waals surface area contributed by atoms with Crippen molar-refractivity contribution < 1.29 is 19.4 Å². The molecule has 0 amide bonds. The molecular weight excluding hydrogens is 498 g/mol. The van der Waals surface area contributed by atoms with Crippen LogP contribution in [0.2, 0.25) is 0 Å². The maximum Gasteiger partial charge on any atom is 0.304 e. The Labute approximate surface area is 227 Å². The number of carboxylic acids is 1. The topological polar surface area (TPSA) is 86.0 Å². The van der Waals surface area contributed by atoms with Gasteiger partial charge in [-0.25, -0.2) is 9.50 Å². The van der Waals surface area contributed by atoms with Crippen molar-refractivity contribution in [2.45, 2.75) is 39.2 Å². The van der Waals surface area contributed by atoms with Gasteiger partial charge in [-0.15, -0.1) is 5.92 Å². The van der Waals surface area contributed by atoms with Crippen molar-refractivity contribution in [2.75, 3.05) is 18.6 Å². The molecule has 0 saturated carbocycles. The molecule has 1 atom stereocenters. The first kappa shape index (κ1) is 27.1. The Morgan fingerprint density at radius 3 is 2.63 bits per heavy atom. The van der Waals surface area contributed by atoms with Gasteiger partial charge in [0.05, 0.1) is 18.9 Å². The Morgan fingerprint density at radius 1 is 1.13 bits per heavy atom. The summed E-state index contributed by atoms with van der Waals surface area (Å²) < 4.78 is 13.8. The zero-order valence-electron chi connectivity index (χ0n) is 21.8. The number of fused-ring (bicyclic) bond motifs is 1. The Balaban J connectivity index is 1.51. The van der Waals surface area contributed by atoms with Gasteiger partial charge in [-0.3, -0.25) is 4.79 Å². The SMILES string of the molecule is CC#C[C@@H](CC(=O)O)c1ccc(OCc2cc(-c3ccc(OCCCSC)cc3C)cn3ncnc23)cc1. The molecule has 7 nitrogen and oxygen atoms in total. The van der Waals surface area contributed by atoms with E-state index in [1.54, 1.807) is 11.4 Å². The number of nitrogens with zero attached hydrogens (tertiary/aromatic N) is 3. The van der Waals surface area contributed by atoms with Crippen LogP contribution in [0, 0.1) is 18.8 Å². The van der Waals surface area contributed by atoms with Crippen LogP contribution in [0.5, 0.6) is 11.5 Å². The van der Waals surface area contributed by atoms with E-state index in [0.717, 1.165) is 51.4 Å². The maximum atomic E-state index is 11.2. The minimum atomic E-state index is -0.876. The number of carboxylic acid groups (broad SMARTS) is 1. The molecule has 38 heavy (non-hydrogen) atoms. The summed E-state index contributed by atoms with van der Waals surface area (Å²) in [6, 6.07) is 15.6. The van der Waals surface area contributed by atoms with Crippen molar-refractivity contribution >= 4 is 23.4 Å². The Hall–Kier alpha value is -3.96. The van der Waals surface area contributed by atoms with Gasteiger partial charge in [-0.2, -0.15) is 16.9 Å². The minimum Gasteiger partial charge on any atom is -0.494 e. The average Bonchev–Trinajstić information content (AvgIpc) is 3.39. The molecule has 0 bridgehead atoms. The first-order valence-electron chi connectivity index (χ1n) is 12.4. The van der Waals surface area contributed by atoms with Crippen LogP contribution in [0.25, 0.3) is 16.8 Å². The lowest BCUT2D eigenvalue weighted by Gasteiger charge is -2.13. The number of aromatic nitrogens is 3. The van der Waals surface area contributed by atoms with Gasteiger partial charge >= 0.3 is 5.97 Å². The molecule has 2 aromatic carbocycles. The fourth-order valence-corrected chi connectivity index (χ4v) is 4.66. The first-order valence-corrected chi connectivity index (χ1v) is 13.8. The lowest BCUT2D eigenvalue weighted by atomic mass is 9.96. The summed E-state index contributed by atoms with van der Waals surface area (Å²) in [6.45, 7) is 4.80. The van der Waals surface area contributed by atoms with E-state index in [1.165, 1.54) is 6.33 Å². The number of hydrogen-bond acceptors (Lipinski definition) is 6. The van der Waals surface area contributed by atoms with Gasteiger partial charge in [-0.1, -0.05) is 24.1 Å². The van der Waals surface area contributed by atoms with Crippen LogP contribution in [0.1, 0.15) is 42.4 Å². The van der Waals surface area contributed by atoms with Crippen LogP contribution in [0.4, 0.5) is 0 Å². The minimum absolute atomic E-state index is 0.0385. The number of hydrogen-bond donors (Lipinski definition) is 1. The number of thioether (sulfide) groups is 1. The second-order valence-electron chi connectivity index (χ2n) is 8.86. The molecule has 0 aliphatic heterocycles. The van der Waals surface area contributed by atoms with Crippen LogP contribution in [-0.4, -0.2) is 44.3 Å². The van der Waals surface area contributed by atoms with Gasteiger partial charge in [0.15, 0.2) is 5.65 Å². The Morgan fingerprint density at radius 2 is 1.92 bits per heavy atom. The van der Waals surface area contributed by atoms with E-state index in [0.29, 0.717) is 19.0 Å². The van der Waals surface area contributed by atoms with Gasteiger partial charge in [0, 0.05) is 17.3 Å². The quantitative estimate of drug-likeness (QED) is 0.178. The van der Waals surface area contributed by atoms with Gasteiger partial charge in [0.1, 0.15) is 24.4 Å². The van der Waals surface area contributed by atoms with Crippen LogP contribution < -0.4 is 9.47 Å². The molecule has 8 heteroatoms. The zero-order chi connectivity index (χ0) is 26.9. The standard InChI is InChI=1S/C30H31N3O4S/c1-4-6-23(17-29(34)35)22-7-9-26(10-8-22)37-19-25-16-24(18-33-30(25)31-20-32-33)28-12-11-27(15-21(28)2)36-13-5-14-38-3/h7-12,15-16,18,20,23H,5,13-14,17,19H2,1-3H3,(H,34,35)/t23-/m0/s1. The van der Waals surface area contributed by atoms with E-state index in [4.69, 9.17) is 9.47 Å². The molecule has 4 aromatic rings. The number of pyridine rings is 1. The van der Waals surface area contributed by atoms with Crippen molar-refractivity contribution in [1.82, 2.24) is 14.6 Å². The lowest BCUT2D eigenvalue weighted by molar-refractivity contribution is -0.137. The molecule has 0 radical (unpaired) electrons. The van der Waals surface area contributed by atoms with Crippen molar-refractivity contribution in [3.63, 3.8) is 0 Å². The van der Waals surface area contributed by atoms with E-state index < -0.39 is 5.97 Å². The molecule has 2 aromatic heterocycles. The first-order chi connectivity index (χ1) is 18.5. The van der Waals surface area contributed by atoms with Crippen LogP contribution in [-0.2, 0) is 11.4 Å². The number of ether oxygens (including phenoxy) is 2. The van der Waals surface area contributed by atoms with Crippen molar-refractivity contribution in [1.29, 1.82) is 0 Å². The second kappa shape index (κ2) is 13.0. The lowest BCUT2D eigenvalue weighted by Crippen LogP contribution is -2.05. The highest BCUT2D eigenvalue weighted by Gasteiger charge is 2.14. The molecule has 0 saturated heterocycles. The normalized spacial score (nSPS) is 11.6. The highest BCUT2D eigenvalue weighted by Crippen LogP contribution is 2.29. The summed E-state index contributed by atoms with van der Waals surface area (Å²) in [6.07, 6.45) is 6.59. The highest BCUT2D eigenvalue weighted by molar-refractivity contribution is 7.98. The summed E-state index contributed by atoms with van der Waals surface area (Å²) in [5.74, 6) is 7.19. The second-order valence-corrected chi connectivity index (χ2v) is 9.84. The van der Waals surface area contributed by atoms with E-state index in [1.807, 2.05) is 48.3 Å². The van der Waals surface area contributed by atoms with Gasteiger partial charge in [-0.05, 0) is 79.3 Å². The molecule has 0 spiro atoms. The van der Waals surface area contributed by atoms with E-state index >= 15 is 0 Å². The molecule has 0 aliphatic carbocycles. The third kappa shape index (κ3) is 6.87. The molecule has 196 valence electrons. The third-order valence-electron chi connectivity index (χ3n) is 6.10. The summed E-state index contributed by atoms with van der Waals surface area (Å²) in [5.41, 5.74) is 5.70. The molecular formula is C30H31N3O4S. The van der Waals surface area contributed by atoms with Gasteiger partial charge < -0.3 is 14.6 Å². The Bertz CT molecular complexity index is 1450. The molecule has 0 unspecified atom stereocenters. The third-order valence-corrected chi connectivity index (χ3v) is 6.79. The zero-order valence-corrected chi connectivity index (χ0v) is 22.6. The summed E-state index contributed by atoms with van der Waals surface area (Å²) in [7, 11) is 0. The fourth-order valence-electron chi connectivity index (χ4n) is 4.25. The molecule has 0 aliphatic rings. The van der Waals surface area contributed by atoms with Crippen molar-refractivity contribution in [3.8, 4) is 34.5 Å². The predicted molar refractivity (Wildman–Crippen MR) is 151 cm³/mol. The molecule has 1 N–H and O–H groups in total. The number of aliphatic carboxylic acids is 1. The predicted octanol–water partition coefficient (Wildman–Crippen LogP) is 6.00. The van der Waals surface area contributed by atoms with E-state index in [2.05, 4.69) is 53.3 Å². The number of benzene rings is 2. The summed E-state index contributed by atoms with van der Waals surface area (Å²) in [4.78, 5) is 15.6. The van der Waals surface area contributed by atoms with Gasteiger partial charge in [0.2, 0.25) is 0 Å². The monoisotopic (exact) mass is 529 g/mol. The molecule has 2 heterocycles. The number of rotatable bonds is 12. The molecule has 0 fully saturated rings. The van der Waals surface area contributed by atoms with Crippen molar-refractivity contribution in [2.24, 2.45) is 0 Å². The highest BCUT2D eigenvalue weighted by atomic mass is 32.2. The van der Waals surface area contributed by atoms with E-state index in [9.17, 15) is 9.90 Å². The number of aryl methyl sites for hydroxylation is 1. The van der Waals surface area contributed by atoms with Crippen molar-refractivity contribution in [3.05, 3.63) is 77.7 Å². The fraction of sp³-hybridized carbons (Fsp3) is 0.300. The number of carbonyl (C=O) groups is 1. The maximum absolute atomic E-state index is 11.2. The van der Waals surface area contributed by atoms with E-state index in [-0.39, 0.29) is 12.3 Å². The largest absolute Gasteiger partial charge is 0.494 e. The van der Waals surface area contributed by atoms with Crippen LogP contribution in [0.15, 0.2) is 61.1 Å². The van der Waals surface area contributed by atoms with Gasteiger partial charge in [0.25, 0.3) is 0 Å². The van der Waals surface area contributed by atoms with Crippen LogP contribution in [0.3, 0.4) is 0 Å².